The molecule has 0 aliphatic rings. The molecule has 0 saturated carbocycles. The Morgan fingerprint density at radius 2 is 1.81 bits per heavy atom. The van der Waals surface area contributed by atoms with Gasteiger partial charge in [-0.2, -0.15) is 0 Å². The van der Waals surface area contributed by atoms with E-state index in [1.54, 1.807) is 17.5 Å². The Hall–Kier alpha value is -0.780. The number of nitrogens with one attached hydrogen (secondary N) is 1. The van der Waals surface area contributed by atoms with Crippen LogP contribution in [0.15, 0.2) is 38.1 Å². The second kappa shape index (κ2) is 6.15. The lowest BCUT2D eigenvalue weighted by Gasteiger charge is -2.08. The van der Waals surface area contributed by atoms with E-state index in [4.69, 9.17) is 0 Å². The molecule has 2 aromatic rings. The number of rotatable bonds is 6. The number of hydrogen-bond acceptors (Lipinski definition) is 6. The second-order valence-corrected chi connectivity index (χ2v) is 10.8. The van der Waals surface area contributed by atoms with Crippen molar-refractivity contribution in [2.45, 2.75) is 15.0 Å². The highest BCUT2D eigenvalue weighted by molar-refractivity contribution is 7.91. The van der Waals surface area contributed by atoms with Gasteiger partial charge in [0.2, 0.25) is 10.0 Å². The first kappa shape index (κ1) is 16.6. The van der Waals surface area contributed by atoms with E-state index in [-0.39, 0.29) is 15.0 Å². The van der Waals surface area contributed by atoms with Gasteiger partial charge in [0, 0.05) is 25.5 Å². The van der Waals surface area contributed by atoms with Crippen LogP contribution in [0.4, 0.5) is 0 Å². The zero-order valence-corrected chi connectivity index (χ0v) is 14.6. The van der Waals surface area contributed by atoms with Crippen LogP contribution < -0.4 is 4.72 Å². The van der Waals surface area contributed by atoms with Gasteiger partial charge in [0.15, 0.2) is 0 Å². The molecule has 116 valence electrons. The van der Waals surface area contributed by atoms with Gasteiger partial charge in [-0.25, -0.2) is 25.9 Å². The van der Waals surface area contributed by atoms with E-state index in [0.29, 0.717) is 4.88 Å². The largest absolute Gasteiger partial charge is 0.252 e. The average molecular weight is 367 g/mol. The van der Waals surface area contributed by atoms with Gasteiger partial charge < -0.3 is 0 Å². The second-order valence-electron chi connectivity index (χ2n) is 4.26. The topological polar surface area (TPSA) is 83.6 Å². The number of hydrogen-bond donors (Lipinski definition) is 1. The lowest BCUT2D eigenvalue weighted by molar-refractivity contribution is 0.523. The summed E-state index contributed by atoms with van der Waals surface area (Å²) in [5.74, 6) is 0. The fourth-order valence-corrected chi connectivity index (χ4v) is 6.03. The maximum atomic E-state index is 12.0. The van der Waals surface area contributed by atoms with Crippen LogP contribution in [0.25, 0.3) is 0 Å². The molecule has 0 bridgehead atoms. The van der Waals surface area contributed by atoms with Crippen LogP contribution in [0, 0.1) is 0 Å². The molecule has 21 heavy (non-hydrogen) atoms. The Balaban J connectivity index is 2.11. The van der Waals surface area contributed by atoms with Gasteiger partial charge in [0.25, 0.3) is 10.0 Å². The van der Waals surface area contributed by atoms with Crippen LogP contribution in [0.3, 0.4) is 0 Å². The maximum Gasteiger partial charge on any atom is 0.252 e. The van der Waals surface area contributed by atoms with Crippen molar-refractivity contribution in [3.05, 3.63) is 34.5 Å². The molecular weight excluding hydrogens is 352 g/mol. The van der Waals surface area contributed by atoms with Crippen molar-refractivity contribution in [1.29, 1.82) is 0 Å². The minimum absolute atomic E-state index is 0.0633. The third-order valence-electron chi connectivity index (χ3n) is 2.57. The number of nitrogens with zero attached hydrogens (tertiary/aromatic N) is 1. The molecule has 0 amide bonds. The maximum absolute atomic E-state index is 12.0. The van der Waals surface area contributed by atoms with Crippen molar-refractivity contribution in [3.63, 3.8) is 0 Å². The van der Waals surface area contributed by atoms with Crippen molar-refractivity contribution in [3.8, 4) is 0 Å². The van der Waals surface area contributed by atoms with E-state index < -0.39 is 20.0 Å². The normalized spacial score (nSPS) is 12.9. The Kier molecular flexibility index (Phi) is 4.85. The molecule has 0 atom stereocenters. The molecule has 0 radical (unpaired) electrons. The summed E-state index contributed by atoms with van der Waals surface area (Å²) in [6, 6.07) is 6.27. The molecule has 0 aliphatic carbocycles. The summed E-state index contributed by atoms with van der Waals surface area (Å²) in [7, 11) is -4.11. The Labute approximate surface area is 132 Å². The minimum Gasteiger partial charge on any atom is -0.206 e. The van der Waals surface area contributed by atoms with E-state index >= 15 is 0 Å². The van der Waals surface area contributed by atoms with Gasteiger partial charge in [-0.05, 0) is 23.6 Å². The van der Waals surface area contributed by atoms with Crippen LogP contribution in [-0.2, 0) is 26.6 Å². The van der Waals surface area contributed by atoms with E-state index in [1.165, 1.54) is 26.2 Å². The zero-order chi connectivity index (χ0) is 15.7. The summed E-state index contributed by atoms with van der Waals surface area (Å²) in [5.41, 5.74) is 0. The summed E-state index contributed by atoms with van der Waals surface area (Å²) >= 11 is 2.18. The Morgan fingerprint density at radius 1 is 1.10 bits per heavy atom. The fourth-order valence-electron chi connectivity index (χ4n) is 1.43. The van der Waals surface area contributed by atoms with Crippen molar-refractivity contribution < 1.29 is 16.8 Å². The monoisotopic (exact) mass is 366 g/mol. The lowest BCUT2D eigenvalue weighted by atomic mass is 10.5. The molecular formula is C11H14N2O4S4. The first-order valence-corrected chi connectivity index (χ1v) is 10.4. The van der Waals surface area contributed by atoms with Crippen molar-refractivity contribution >= 4 is 42.7 Å². The highest BCUT2D eigenvalue weighted by atomic mass is 32.3. The molecule has 0 saturated heterocycles. The van der Waals surface area contributed by atoms with Gasteiger partial charge in [0.05, 0.1) is 0 Å². The van der Waals surface area contributed by atoms with E-state index in [2.05, 4.69) is 4.72 Å². The van der Waals surface area contributed by atoms with Gasteiger partial charge in [0.1, 0.15) is 8.42 Å². The Bertz CT molecular complexity index is 804. The van der Waals surface area contributed by atoms with Crippen LogP contribution in [-0.4, -0.2) is 35.2 Å². The van der Waals surface area contributed by atoms with Gasteiger partial charge in [-0.3, -0.25) is 0 Å². The number of sulfonamides is 2. The van der Waals surface area contributed by atoms with E-state index in [0.717, 1.165) is 27.0 Å². The minimum atomic E-state index is -3.54. The van der Waals surface area contributed by atoms with Crippen LogP contribution >= 0.6 is 22.7 Å². The fraction of sp³-hybridized carbons (Fsp3) is 0.273. The van der Waals surface area contributed by atoms with Crippen molar-refractivity contribution in [2.24, 2.45) is 0 Å². The van der Waals surface area contributed by atoms with Crippen LogP contribution in [0.2, 0.25) is 0 Å². The Morgan fingerprint density at radius 3 is 2.38 bits per heavy atom. The first-order valence-electron chi connectivity index (χ1n) is 5.78. The molecule has 0 aromatic carbocycles. The SMILES string of the molecule is CN(C)S(=O)(=O)c1ccc(CNS(=O)(=O)c2cccs2)s1. The summed E-state index contributed by atoms with van der Waals surface area (Å²) in [6.45, 7) is 0.0633. The molecule has 1 N–H and O–H groups in total. The molecule has 0 unspecified atom stereocenters. The summed E-state index contributed by atoms with van der Waals surface area (Å²) in [4.78, 5) is 0.635. The summed E-state index contributed by atoms with van der Waals surface area (Å²) in [6.07, 6.45) is 0. The smallest absolute Gasteiger partial charge is 0.206 e. The standard InChI is InChI=1S/C11H14N2O4S4/c1-13(2)21(16,17)11-6-5-9(19-11)8-12-20(14,15)10-4-3-7-18-10/h3-7,12H,8H2,1-2H3. The van der Waals surface area contributed by atoms with Gasteiger partial charge in [-0.15, -0.1) is 22.7 Å². The molecule has 0 aliphatic heterocycles. The van der Waals surface area contributed by atoms with Crippen LogP contribution in [0.5, 0.6) is 0 Å². The predicted octanol–water partition coefficient (Wildman–Crippen LogP) is 1.54. The zero-order valence-electron chi connectivity index (χ0n) is 11.3. The van der Waals surface area contributed by atoms with E-state index in [1.807, 2.05) is 0 Å². The average Bonchev–Trinajstić information content (AvgIpc) is 3.08. The lowest BCUT2D eigenvalue weighted by Crippen LogP contribution is -2.22. The molecule has 2 aromatic heterocycles. The first-order chi connectivity index (χ1) is 9.73. The summed E-state index contributed by atoms with van der Waals surface area (Å²) < 4.78 is 51.8. The molecule has 2 heterocycles. The van der Waals surface area contributed by atoms with E-state index in [9.17, 15) is 16.8 Å². The van der Waals surface area contributed by atoms with Crippen molar-refractivity contribution in [2.75, 3.05) is 14.1 Å². The van der Waals surface area contributed by atoms with Gasteiger partial charge >= 0.3 is 0 Å². The highest BCUT2D eigenvalue weighted by Gasteiger charge is 2.20. The van der Waals surface area contributed by atoms with Crippen LogP contribution in [0.1, 0.15) is 4.88 Å². The quantitative estimate of drug-likeness (QED) is 0.840. The molecule has 10 heteroatoms. The molecule has 2 rings (SSSR count). The number of thiophene rings is 2. The molecule has 0 fully saturated rings. The predicted molar refractivity (Wildman–Crippen MR) is 83.5 cm³/mol. The highest BCUT2D eigenvalue weighted by Crippen LogP contribution is 2.24. The molecule has 6 nitrogen and oxygen atoms in total. The molecule has 0 spiro atoms. The third kappa shape index (κ3) is 3.71. The summed E-state index contributed by atoms with van der Waals surface area (Å²) in [5, 5.41) is 1.68. The third-order valence-corrected chi connectivity index (χ3v) is 8.73. The van der Waals surface area contributed by atoms with Crippen molar-refractivity contribution in [1.82, 2.24) is 9.03 Å². The van der Waals surface area contributed by atoms with Gasteiger partial charge in [-0.1, -0.05) is 6.07 Å².